The lowest BCUT2D eigenvalue weighted by atomic mass is 9.72. The SMILES string of the molecule is O=C1NC2(CO1)CN(C(=O)N1CCC3(CC1)CN(Cc1ccc(C(F)(F)F)cc1F)C3)C2. The zero-order chi connectivity index (χ0) is 22.7. The Morgan fingerprint density at radius 2 is 1.78 bits per heavy atom. The minimum absolute atomic E-state index is 0.0328. The molecule has 0 atom stereocenters. The van der Waals surface area contributed by atoms with Gasteiger partial charge in [0.2, 0.25) is 0 Å². The van der Waals surface area contributed by atoms with Crippen molar-refractivity contribution in [3.63, 3.8) is 0 Å². The van der Waals surface area contributed by atoms with Crippen LogP contribution in [0.1, 0.15) is 24.0 Å². The van der Waals surface area contributed by atoms with Crippen molar-refractivity contribution in [3.8, 4) is 0 Å². The van der Waals surface area contributed by atoms with Gasteiger partial charge >= 0.3 is 18.3 Å². The fourth-order valence-corrected chi connectivity index (χ4v) is 5.28. The fourth-order valence-electron chi connectivity index (χ4n) is 5.28. The lowest BCUT2D eigenvalue weighted by Crippen LogP contribution is -2.72. The van der Waals surface area contributed by atoms with Gasteiger partial charge in [0.05, 0.1) is 18.7 Å². The number of nitrogens with one attached hydrogen (secondary N) is 1. The highest BCUT2D eigenvalue weighted by atomic mass is 19.4. The number of alkyl carbamates (subject to hydrolysis) is 1. The monoisotopic (exact) mass is 456 g/mol. The Morgan fingerprint density at radius 1 is 1.09 bits per heavy atom. The second-order valence-corrected chi connectivity index (χ2v) is 9.56. The first kappa shape index (κ1) is 21.3. The lowest BCUT2D eigenvalue weighted by molar-refractivity contribution is -0.137. The van der Waals surface area contributed by atoms with Crippen molar-refractivity contribution in [2.75, 3.05) is 45.9 Å². The Labute approximate surface area is 182 Å². The summed E-state index contributed by atoms with van der Waals surface area (Å²) in [7, 11) is 0. The third-order valence-corrected chi connectivity index (χ3v) is 7.09. The second kappa shape index (κ2) is 7.23. The van der Waals surface area contributed by atoms with E-state index >= 15 is 0 Å². The number of piperidine rings is 1. The Kier molecular flexibility index (Phi) is 4.81. The largest absolute Gasteiger partial charge is 0.447 e. The van der Waals surface area contributed by atoms with Crippen molar-refractivity contribution in [2.24, 2.45) is 5.41 Å². The van der Waals surface area contributed by atoms with E-state index in [1.54, 1.807) is 4.90 Å². The summed E-state index contributed by atoms with van der Waals surface area (Å²) >= 11 is 0. The number of hydrogen-bond donors (Lipinski definition) is 1. The van der Waals surface area contributed by atoms with Crippen LogP contribution >= 0.6 is 0 Å². The van der Waals surface area contributed by atoms with Crippen molar-refractivity contribution in [2.45, 2.75) is 31.1 Å². The third kappa shape index (κ3) is 3.76. The van der Waals surface area contributed by atoms with Gasteiger partial charge in [-0.25, -0.2) is 14.0 Å². The van der Waals surface area contributed by atoms with Gasteiger partial charge in [-0.3, -0.25) is 4.90 Å². The molecule has 174 valence electrons. The number of rotatable bonds is 2. The number of cyclic esters (lactones) is 1. The average Bonchev–Trinajstić information content (AvgIpc) is 3.08. The molecule has 4 heterocycles. The first-order chi connectivity index (χ1) is 15.1. The summed E-state index contributed by atoms with van der Waals surface area (Å²) in [6, 6.07) is 2.65. The number of carbonyl (C=O) groups is 2. The summed E-state index contributed by atoms with van der Waals surface area (Å²) < 4.78 is 57.2. The molecule has 2 spiro atoms. The first-order valence-corrected chi connectivity index (χ1v) is 10.6. The number of urea groups is 1. The van der Waals surface area contributed by atoms with Gasteiger partial charge in [0, 0.05) is 38.3 Å². The number of carbonyl (C=O) groups excluding carboxylic acids is 2. The molecule has 4 fully saturated rings. The fraction of sp³-hybridized carbons (Fsp3) is 0.619. The summed E-state index contributed by atoms with van der Waals surface area (Å²) in [5.41, 5.74) is -1.09. The normalized spacial score (nSPS) is 24.2. The van der Waals surface area contributed by atoms with Gasteiger partial charge < -0.3 is 19.9 Å². The van der Waals surface area contributed by atoms with Gasteiger partial charge in [-0.2, -0.15) is 13.2 Å². The van der Waals surface area contributed by atoms with Gasteiger partial charge in [0.15, 0.2) is 0 Å². The maximum absolute atomic E-state index is 14.1. The molecule has 4 saturated heterocycles. The summed E-state index contributed by atoms with van der Waals surface area (Å²) in [4.78, 5) is 29.5. The summed E-state index contributed by atoms with van der Waals surface area (Å²) in [6.45, 7) is 4.21. The van der Waals surface area contributed by atoms with Crippen molar-refractivity contribution in [1.29, 1.82) is 0 Å². The Balaban J connectivity index is 1.09. The lowest BCUT2D eigenvalue weighted by Gasteiger charge is -2.55. The van der Waals surface area contributed by atoms with Crippen LogP contribution in [0.4, 0.5) is 27.2 Å². The molecule has 11 heteroatoms. The molecule has 5 rings (SSSR count). The van der Waals surface area contributed by atoms with Gasteiger partial charge in [-0.05, 0) is 30.4 Å². The molecule has 1 aromatic rings. The van der Waals surface area contributed by atoms with Crippen molar-refractivity contribution < 1.29 is 31.9 Å². The molecule has 4 aliphatic rings. The van der Waals surface area contributed by atoms with Crippen LogP contribution in [0.25, 0.3) is 0 Å². The average molecular weight is 456 g/mol. The van der Waals surface area contributed by atoms with E-state index in [-0.39, 0.29) is 30.2 Å². The van der Waals surface area contributed by atoms with E-state index in [1.807, 2.05) is 9.80 Å². The smallest absolute Gasteiger partial charge is 0.416 e. The molecule has 0 bridgehead atoms. The predicted octanol–water partition coefficient (Wildman–Crippen LogP) is 2.66. The van der Waals surface area contributed by atoms with Crippen molar-refractivity contribution in [1.82, 2.24) is 20.0 Å². The molecule has 0 aromatic heterocycles. The molecule has 1 aromatic carbocycles. The number of benzene rings is 1. The van der Waals surface area contributed by atoms with Gasteiger partial charge in [0.1, 0.15) is 18.0 Å². The predicted molar refractivity (Wildman–Crippen MR) is 104 cm³/mol. The topological polar surface area (TPSA) is 65.1 Å². The third-order valence-electron chi connectivity index (χ3n) is 7.09. The molecule has 0 radical (unpaired) electrons. The summed E-state index contributed by atoms with van der Waals surface area (Å²) in [5.74, 6) is -0.836. The maximum atomic E-state index is 14.1. The number of ether oxygens (including phenoxy) is 1. The Bertz CT molecular complexity index is 931. The molecule has 0 saturated carbocycles. The molecule has 1 N–H and O–H groups in total. The standard InChI is InChI=1S/C21H24F4N4O3/c22-16-7-15(21(23,24)25)2-1-14(16)8-27-9-19(10-27)3-5-28(6-4-19)18(31)29-11-20(12-29)13-32-17(30)26-20/h1-2,7H,3-6,8-13H2,(H,26,30). The highest BCUT2D eigenvalue weighted by Gasteiger charge is 2.53. The molecule has 7 nitrogen and oxygen atoms in total. The van der Waals surface area contributed by atoms with E-state index in [9.17, 15) is 27.2 Å². The van der Waals surface area contributed by atoms with E-state index in [2.05, 4.69) is 5.32 Å². The highest BCUT2D eigenvalue weighted by molar-refractivity contribution is 5.78. The van der Waals surface area contributed by atoms with E-state index in [0.717, 1.165) is 32.0 Å². The number of amides is 3. The van der Waals surface area contributed by atoms with Crippen LogP contribution in [0.3, 0.4) is 0 Å². The molecule has 0 unspecified atom stereocenters. The van der Waals surface area contributed by atoms with Gasteiger partial charge in [0.25, 0.3) is 0 Å². The van der Waals surface area contributed by atoms with Crippen LogP contribution in [-0.4, -0.2) is 78.2 Å². The Morgan fingerprint density at radius 3 is 2.34 bits per heavy atom. The number of likely N-dealkylation sites (tertiary alicyclic amines) is 3. The molecular weight excluding hydrogens is 432 g/mol. The molecule has 32 heavy (non-hydrogen) atoms. The maximum Gasteiger partial charge on any atom is 0.416 e. The van der Waals surface area contributed by atoms with Crippen LogP contribution < -0.4 is 5.32 Å². The number of nitrogens with zero attached hydrogens (tertiary/aromatic N) is 3. The molecular formula is C21H24F4N4O3. The van der Waals surface area contributed by atoms with Crippen LogP contribution in [0.2, 0.25) is 0 Å². The minimum atomic E-state index is -4.55. The van der Waals surface area contributed by atoms with E-state index in [4.69, 9.17) is 4.74 Å². The summed E-state index contributed by atoms with van der Waals surface area (Å²) in [5, 5.41) is 2.76. The first-order valence-electron chi connectivity index (χ1n) is 10.6. The zero-order valence-corrected chi connectivity index (χ0v) is 17.4. The van der Waals surface area contributed by atoms with E-state index in [1.165, 1.54) is 6.07 Å². The van der Waals surface area contributed by atoms with E-state index in [0.29, 0.717) is 32.2 Å². The molecule has 4 aliphatic heterocycles. The number of alkyl halides is 3. The number of halogens is 4. The molecule has 0 aliphatic carbocycles. The second-order valence-electron chi connectivity index (χ2n) is 9.56. The Hall–Kier alpha value is -2.56. The summed E-state index contributed by atoms with van der Waals surface area (Å²) in [6.07, 6.45) is -3.32. The van der Waals surface area contributed by atoms with E-state index < -0.39 is 29.2 Å². The molecule has 3 amide bonds. The van der Waals surface area contributed by atoms with Crippen LogP contribution in [0.5, 0.6) is 0 Å². The van der Waals surface area contributed by atoms with Crippen molar-refractivity contribution in [3.05, 3.63) is 35.1 Å². The van der Waals surface area contributed by atoms with Gasteiger partial charge in [-0.15, -0.1) is 0 Å². The van der Waals surface area contributed by atoms with Crippen LogP contribution in [-0.2, 0) is 17.5 Å². The minimum Gasteiger partial charge on any atom is -0.447 e. The van der Waals surface area contributed by atoms with Gasteiger partial charge in [-0.1, -0.05) is 6.07 Å². The van der Waals surface area contributed by atoms with Crippen LogP contribution in [0.15, 0.2) is 18.2 Å². The highest BCUT2D eigenvalue weighted by Crippen LogP contribution is 2.42. The van der Waals surface area contributed by atoms with Crippen LogP contribution in [0, 0.1) is 11.2 Å². The quantitative estimate of drug-likeness (QED) is 0.696. The van der Waals surface area contributed by atoms with Crippen molar-refractivity contribution >= 4 is 12.1 Å². The zero-order valence-electron chi connectivity index (χ0n) is 17.4. The number of hydrogen-bond acceptors (Lipinski definition) is 4.